The van der Waals surface area contributed by atoms with Crippen molar-refractivity contribution in [1.82, 2.24) is 25.2 Å². The molecule has 1 N–H and O–H groups in total. The number of nitrogens with one attached hydrogen (secondary N) is 1. The van der Waals surface area contributed by atoms with E-state index in [-0.39, 0.29) is 39.5 Å². The van der Waals surface area contributed by atoms with Gasteiger partial charge in [0.1, 0.15) is 0 Å². The number of esters is 2. The van der Waals surface area contributed by atoms with Gasteiger partial charge in [-0.3, -0.25) is 19.7 Å². The van der Waals surface area contributed by atoms with Crippen LogP contribution >= 0.6 is 22.6 Å². The molecule has 3 aromatic heterocycles. The van der Waals surface area contributed by atoms with Crippen molar-refractivity contribution >= 4 is 128 Å². The molecule has 0 aliphatic carbocycles. The van der Waals surface area contributed by atoms with Crippen molar-refractivity contribution in [3.05, 3.63) is 135 Å². The molecule has 0 radical (unpaired) electrons. The van der Waals surface area contributed by atoms with Gasteiger partial charge in [-0.25, -0.2) is 9.59 Å². The Kier molecular flexibility index (Phi) is 18.5. The Morgan fingerprint density at radius 1 is 0.500 bits per heavy atom. The summed E-state index contributed by atoms with van der Waals surface area (Å²) in [4.78, 5) is 55.0. The van der Waals surface area contributed by atoms with Crippen molar-refractivity contribution in [2.75, 3.05) is 103 Å². The molecule has 0 saturated carbocycles. The molecular formula is C71H64IN5O17. The van der Waals surface area contributed by atoms with Crippen molar-refractivity contribution in [1.29, 1.82) is 0 Å². The van der Waals surface area contributed by atoms with E-state index in [4.69, 9.17) is 66.3 Å². The highest BCUT2D eigenvalue weighted by molar-refractivity contribution is 14.1. The molecule has 0 unspecified atom stereocenters. The lowest BCUT2D eigenvalue weighted by molar-refractivity contribution is -0.136. The van der Waals surface area contributed by atoms with E-state index in [0.717, 1.165) is 80.4 Å². The molecule has 22 nitrogen and oxygen atoms in total. The molecule has 3 aliphatic heterocycles. The topological polar surface area (TPSA) is 234 Å². The first-order chi connectivity index (χ1) is 45.7. The van der Waals surface area contributed by atoms with E-state index in [0.29, 0.717) is 109 Å². The van der Waals surface area contributed by atoms with Crippen LogP contribution in [0.2, 0.25) is 0 Å². The van der Waals surface area contributed by atoms with Gasteiger partial charge >= 0.3 is 11.9 Å². The van der Waals surface area contributed by atoms with Crippen LogP contribution in [-0.2, 0) is 14.3 Å². The third-order valence-electron chi connectivity index (χ3n) is 16.0. The summed E-state index contributed by atoms with van der Waals surface area (Å²) in [6.07, 6.45) is 7.01. The predicted molar refractivity (Wildman–Crippen MR) is 363 cm³/mol. The van der Waals surface area contributed by atoms with Crippen LogP contribution < -0.4 is 62.2 Å². The van der Waals surface area contributed by atoms with Crippen molar-refractivity contribution in [3.63, 3.8) is 0 Å². The fraction of sp³-hybridized carbons (Fsp3) is 0.239. The molecule has 1 amide bonds. The van der Waals surface area contributed by atoms with Crippen LogP contribution in [0.3, 0.4) is 0 Å². The number of carbonyl (C=O) groups is 3. The van der Waals surface area contributed by atoms with Crippen molar-refractivity contribution < 1.29 is 80.7 Å². The predicted octanol–water partition coefficient (Wildman–Crippen LogP) is 12.7. The first-order valence-corrected chi connectivity index (χ1v) is 30.8. The molecule has 0 bridgehead atoms. The van der Waals surface area contributed by atoms with Gasteiger partial charge in [0, 0.05) is 102 Å². The van der Waals surface area contributed by atoms with Crippen LogP contribution in [0.4, 0.5) is 0 Å². The van der Waals surface area contributed by atoms with Gasteiger partial charge in [0.25, 0.3) is 5.91 Å². The number of pyridine rings is 3. The fourth-order valence-corrected chi connectivity index (χ4v) is 12.1. The monoisotopic (exact) mass is 1390 g/mol. The minimum Gasteiger partial charge on any atom is -0.493 e. The standard InChI is InChI=1S/C25H25N3O5.C23H20INO6.C23H19NO6/c1-28(2)6-5-26-25(29)17-7-14-8-20(30-3)21(31-4)9-15(14)18-12-27-19-11-23-22(32-13-33-23)10-16(19)24(17)18;1-4-29-23(26)16(7-13-8-19(27-2)20(28-3)10-17(13)24)14-5-6-25-18-11-22-21(9-15(14)18)30-12-31-22;1-4-28-23(25)15-5-12-6-18(26-2)19(27-3)7-13(12)16-10-24-17-9-21-20(29-11-30-21)8-14(17)22(15)16/h7-12H,5-6,13H2,1-4H3,(H,26,29);5-11H,4,12H2,1-3H3;5-10H,4,11H2,1-3H3/b;16-7+;. The molecule has 14 rings (SSSR count). The average Bonchev–Trinajstić information content (AvgIpc) is 0.945. The molecule has 94 heavy (non-hydrogen) atoms. The van der Waals surface area contributed by atoms with Crippen molar-refractivity contribution in [3.8, 4) is 69.0 Å². The van der Waals surface area contributed by atoms with Gasteiger partial charge in [0.2, 0.25) is 20.4 Å². The van der Waals surface area contributed by atoms with E-state index in [1.165, 1.54) is 0 Å². The molecule has 482 valence electrons. The summed E-state index contributed by atoms with van der Waals surface area (Å²) in [7, 11) is 13.5. The summed E-state index contributed by atoms with van der Waals surface area (Å²) in [5.74, 6) is 6.40. The van der Waals surface area contributed by atoms with Gasteiger partial charge in [-0.15, -0.1) is 0 Å². The minimum atomic E-state index is -0.432. The highest BCUT2D eigenvalue weighted by Crippen LogP contribution is 2.46. The Balaban J connectivity index is 0.000000135. The van der Waals surface area contributed by atoms with Crippen LogP contribution in [0.1, 0.15) is 45.7 Å². The summed E-state index contributed by atoms with van der Waals surface area (Å²) < 4.78 is 77.5. The zero-order chi connectivity index (χ0) is 65.9. The molecule has 0 spiro atoms. The SMILES string of the molecule is CCOC(=O)/C(=C/c1cc(OC)c(OC)cc1I)c1ccnc2cc3c(cc12)OCO3.CCOC(=O)c1cc2cc(OC)c(OC)cc2c2cnc3cc4c(cc3c12)OCO4.COc1cc2cc(C(=O)NCCN(C)C)c3c4cc5c(cc4ncc3c2cc1OC)OCO5. The van der Waals surface area contributed by atoms with E-state index in [9.17, 15) is 14.4 Å². The second kappa shape index (κ2) is 27.4. The first-order valence-electron chi connectivity index (χ1n) is 29.7. The number of amides is 1. The number of halogens is 1. The normalized spacial score (nSPS) is 12.6. The lowest BCUT2D eigenvalue weighted by atomic mass is 9.94. The summed E-state index contributed by atoms with van der Waals surface area (Å²) in [5, 5.41) is 12.1. The second-order valence-electron chi connectivity index (χ2n) is 21.6. The number of likely N-dealkylation sites (N-methyl/N-ethyl adjacent to an activating group) is 1. The lowest BCUT2D eigenvalue weighted by Gasteiger charge is -2.16. The molecule has 6 heterocycles. The zero-order valence-corrected chi connectivity index (χ0v) is 55.2. The van der Waals surface area contributed by atoms with Crippen LogP contribution in [0.15, 0.2) is 110 Å². The van der Waals surface area contributed by atoms with E-state index in [1.54, 1.807) is 87.2 Å². The number of methoxy groups -OCH3 is 6. The smallest absolute Gasteiger partial charge is 0.338 e. The van der Waals surface area contributed by atoms with Crippen molar-refractivity contribution in [2.24, 2.45) is 0 Å². The Hall–Kier alpha value is -10.5. The van der Waals surface area contributed by atoms with Crippen molar-refractivity contribution in [2.45, 2.75) is 13.8 Å². The van der Waals surface area contributed by atoms with Crippen LogP contribution in [0, 0.1) is 3.57 Å². The lowest BCUT2D eigenvalue weighted by Crippen LogP contribution is -2.31. The Labute approximate surface area is 552 Å². The summed E-state index contributed by atoms with van der Waals surface area (Å²) in [5.41, 5.74) is 5.04. The van der Waals surface area contributed by atoms with Gasteiger partial charge < -0.3 is 76.5 Å². The molecule has 0 saturated heterocycles. The van der Waals surface area contributed by atoms with Gasteiger partial charge in [-0.1, -0.05) is 0 Å². The summed E-state index contributed by atoms with van der Waals surface area (Å²) in [6.45, 7) is 5.86. The number of rotatable bonds is 16. The van der Waals surface area contributed by atoms with Gasteiger partial charge in [0.05, 0.1) is 83.6 Å². The molecule has 0 atom stereocenters. The summed E-state index contributed by atoms with van der Waals surface area (Å²) >= 11 is 2.20. The largest absolute Gasteiger partial charge is 0.493 e. The maximum atomic E-state index is 13.4. The molecular weight excluding hydrogens is 1320 g/mol. The third-order valence-corrected chi connectivity index (χ3v) is 16.9. The van der Waals surface area contributed by atoms with Crippen LogP contribution in [0.25, 0.3) is 87.4 Å². The summed E-state index contributed by atoms with van der Waals surface area (Å²) in [6, 6.07) is 27.8. The highest BCUT2D eigenvalue weighted by Gasteiger charge is 2.26. The molecule has 3 aliphatic rings. The zero-order valence-electron chi connectivity index (χ0n) is 53.0. The van der Waals surface area contributed by atoms with Gasteiger partial charge in [-0.05, 0) is 157 Å². The van der Waals surface area contributed by atoms with Gasteiger partial charge in [0.15, 0.2) is 69.0 Å². The fourth-order valence-electron chi connectivity index (χ4n) is 11.5. The average molecular weight is 1390 g/mol. The second-order valence-corrected chi connectivity index (χ2v) is 22.8. The molecule has 11 aromatic rings. The number of fused-ring (bicyclic) bond motifs is 14. The van der Waals surface area contributed by atoms with Crippen LogP contribution in [0.5, 0.6) is 69.0 Å². The van der Waals surface area contributed by atoms with E-state index in [1.807, 2.05) is 104 Å². The molecule has 8 aromatic carbocycles. The maximum Gasteiger partial charge on any atom is 0.338 e. The van der Waals surface area contributed by atoms with E-state index in [2.05, 4.69) is 42.9 Å². The van der Waals surface area contributed by atoms with Gasteiger partial charge in [-0.2, -0.15) is 0 Å². The Bertz CT molecular complexity index is 4890. The quantitative estimate of drug-likeness (QED) is 0.0410. The Morgan fingerprint density at radius 2 is 0.936 bits per heavy atom. The number of aromatic nitrogens is 3. The molecule has 23 heteroatoms. The highest BCUT2D eigenvalue weighted by atomic mass is 127. The Morgan fingerprint density at radius 3 is 1.43 bits per heavy atom. The minimum absolute atomic E-state index is 0.149. The maximum absolute atomic E-state index is 13.4. The van der Waals surface area contributed by atoms with E-state index < -0.39 is 11.9 Å². The van der Waals surface area contributed by atoms with E-state index >= 15 is 0 Å². The number of nitrogens with zero attached hydrogens (tertiary/aromatic N) is 4. The number of hydrogen-bond donors (Lipinski definition) is 1. The molecule has 0 fully saturated rings. The van der Waals surface area contributed by atoms with Crippen LogP contribution in [-0.4, -0.2) is 141 Å². The first kappa shape index (κ1) is 63.6. The third kappa shape index (κ3) is 12.3. The number of benzene rings is 8. The number of carbonyl (C=O) groups excluding carboxylic acids is 3. The number of hydrogen-bond acceptors (Lipinski definition) is 21. The number of ether oxygens (including phenoxy) is 14.